The number of esters is 1. The van der Waals surface area contributed by atoms with Gasteiger partial charge in [0.15, 0.2) is 0 Å². The zero-order chi connectivity index (χ0) is 24.2. The Morgan fingerprint density at radius 2 is 2.06 bits per heavy atom. The molecule has 184 valence electrons. The molecule has 3 heterocycles. The average molecular weight is 463 g/mol. The summed E-state index contributed by atoms with van der Waals surface area (Å²) in [5.41, 5.74) is -1.03. The SMILES string of the molecule is C=CCCCCOC(=O)[C@@H]1[C@H]2C(=O)N(CCCO)C(C(=O)N(CC=C)C(C)C)C23CC[C@H]1O3. The van der Waals surface area contributed by atoms with E-state index in [9.17, 15) is 19.5 Å². The maximum Gasteiger partial charge on any atom is 0.312 e. The Morgan fingerprint density at radius 3 is 2.70 bits per heavy atom. The van der Waals surface area contributed by atoms with Crippen LogP contribution in [0.25, 0.3) is 0 Å². The summed E-state index contributed by atoms with van der Waals surface area (Å²) in [6, 6.07) is -0.907. The fraction of sp³-hybridized carbons (Fsp3) is 0.720. The van der Waals surface area contributed by atoms with Gasteiger partial charge >= 0.3 is 5.97 Å². The first kappa shape index (κ1) is 25.4. The molecule has 5 atom stereocenters. The zero-order valence-corrected chi connectivity index (χ0v) is 19.9. The molecule has 1 spiro atoms. The normalized spacial score (nSPS) is 29.9. The lowest BCUT2D eigenvalue weighted by atomic mass is 9.70. The minimum Gasteiger partial charge on any atom is -0.465 e. The molecule has 2 bridgehead atoms. The van der Waals surface area contributed by atoms with Gasteiger partial charge in [0.2, 0.25) is 11.8 Å². The number of amides is 2. The van der Waals surface area contributed by atoms with Crippen molar-refractivity contribution >= 4 is 17.8 Å². The van der Waals surface area contributed by atoms with Crippen LogP contribution >= 0.6 is 0 Å². The Kier molecular flexibility index (Phi) is 8.34. The topological polar surface area (TPSA) is 96.4 Å². The van der Waals surface area contributed by atoms with Gasteiger partial charge in [0.1, 0.15) is 11.6 Å². The molecule has 0 aromatic carbocycles. The summed E-state index contributed by atoms with van der Waals surface area (Å²) in [7, 11) is 0. The molecule has 0 aliphatic carbocycles. The predicted molar refractivity (Wildman–Crippen MR) is 123 cm³/mol. The maximum atomic E-state index is 13.8. The van der Waals surface area contributed by atoms with Crippen LogP contribution in [0.5, 0.6) is 0 Å². The monoisotopic (exact) mass is 462 g/mol. The summed E-state index contributed by atoms with van der Waals surface area (Å²) in [6.07, 6.45) is 7.06. The number of carbonyl (C=O) groups excluding carboxylic acids is 3. The summed E-state index contributed by atoms with van der Waals surface area (Å²) in [6.45, 7) is 12.1. The molecule has 8 nitrogen and oxygen atoms in total. The van der Waals surface area contributed by atoms with Crippen molar-refractivity contribution in [1.29, 1.82) is 0 Å². The maximum absolute atomic E-state index is 13.8. The first-order valence-corrected chi connectivity index (χ1v) is 12.1. The number of aliphatic hydroxyl groups is 1. The van der Waals surface area contributed by atoms with Crippen molar-refractivity contribution in [3.8, 4) is 0 Å². The Labute approximate surface area is 196 Å². The van der Waals surface area contributed by atoms with Gasteiger partial charge in [-0.25, -0.2) is 0 Å². The van der Waals surface area contributed by atoms with Gasteiger partial charge < -0.3 is 24.4 Å². The molecule has 8 heteroatoms. The summed E-state index contributed by atoms with van der Waals surface area (Å²) < 4.78 is 11.9. The molecule has 33 heavy (non-hydrogen) atoms. The molecule has 3 fully saturated rings. The van der Waals surface area contributed by atoms with E-state index in [4.69, 9.17) is 9.47 Å². The Hall–Kier alpha value is -2.19. The molecular formula is C25H38N2O6. The molecule has 0 aromatic rings. The first-order valence-electron chi connectivity index (χ1n) is 12.1. The van der Waals surface area contributed by atoms with E-state index in [1.54, 1.807) is 11.0 Å². The number of allylic oxidation sites excluding steroid dienone is 1. The lowest BCUT2D eigenvalue weighted by molar-refractivity contribution is -0.155. The Balaban J connectivity index is 1.87. The molecule has 1 N–H and O–H groups in total. The van der Waals surface area contributed by atoms with E-state index >= 15 is 0 Å². The number of likely N-dealkylation sites (tertiary alicyclic amines) is 1. The number of hydrogen-bond acceptors (Lipinski definition) is 6. The van der Waals surface area contributed by atoms with E-state index in [1.807, 2.05) is 19.9 Å². The summed E-state index contributed by atoms with van der Waals surface area (Å²) in [4.78, 5) is 43.7. The average Bonchev–Trinajstić information content (AvgIpc) is 3.42. The van der Waals surface area contributed by atoms with Crippen LogP contribution in [0, 0.1) is 11.8 Å². The number of fused-ring (bicyclic) bond motifs is 1. The zero-order valence-electron chi connectivity index (χ0n) is 19.9. The third-order valence-corrected chi connectivity index (χ3v) is 7.14. The van der Waals surface area contributed by atoms with E-state index in [1.165, 1.54) is 4.90 Å². The number of hydrogen-bond donors (Lipinski definition) is 1. The lowest BCUT2D eigenvalue weighted by Crippen LogP contribution is -2.57. The van der Waals surface area contributed by atoms with Crippen molar-refractivity contribution in [3.63, 3.8) is 0 Å². The fourth-order valence-corrected chi connectivity index (χ4v) is 5.69. The predicted octanol–water partition coefficient (Wildman–Crippen LogP) is 2.07. The van der Waals surface area contributed by atoms with Crippen molar-refractivity contribution in [1.82, 2.24) is 9.80 Å². The van der Waals surface area contributed by atoms with Crippen LogP contribution in [0.2, 0.25) is 0 Å². The summed E-state index contributed by atoms with van der Waals surface area (Å²) >= 11 is 0. The van der Waals surface area contributed by atoms with Gasteiger partial charge in [0.25, 0.3) is 0 Å². The van der Waals surface area contributed by atoms with Crippen molar-refractivity contribution in [2.24, 2.45) is 11.8 Å². The quantitative estimate of drug-likeness (QED) is 0.256. The van der Waals surface area contributed by atoms with Crippen LogP contribution in [0.4, 0.5) is 0 Å². The number of ether oxygens (including phenoxy) is 2. The van der Waals surface area contributed by atoms with Crippen LogP contribution in [-0.4, -0.2) is 82.8 Å². The highest BCUT2D eigenvalue weighted by Crippen LogP contribution is 2.58. The number of carbonyl (C=O) groups is 3. The summed E-state index contributed by atoms with van der Waals surface area (Å²) in [5.74, 6) is -2.30. The molecule has 3 saturated heterocycles. The third-order valence-electron chi connectivity index (χ3n) is 7.14. The lowest BCUT2D eigenvalue weighted by Gasteiger charge is -2.38. The van der Waals surface area contributed by atoms with Crippen molar-refractivity contribution < 1.29 is 29.0 Å². The van der Waals surface area contributed by atoms with Gasteiger partial charge in [-0.3, -0.25) is 14.4 Å². The van der Waals surface area contributed by atoms with E-state index < -0.39 is 35.6 Å². The highest BCUT2D eigenvalue weighted by Gasteiger charge is 2.75. The largest absolute Gasteiger partial charge is 0.465 e. The second-order valence-electron chi connectivity index (χ2n) is 9.49. The van der Waals surface area contributed by atoms with Crippen molar-refractivity contribution in [3.05, 3.63) is 25.3 Å². The van der Waals surface area contributed by atoms with E-state index in [0.29, 0.717) is 32.4 Å². The van der Waals surface area contributed by atoms with Gasteiger partial charge in [-0.1, -0.05) is 12.2 Å². The van der Waals surface area contributed by atoms with Gasteiger partial charge in [0.05, 0.1) is 24.5 Å². The number of unbranched alkanes of at least 4 members (excludes halogenated alkanes) is 2. The van der Waals surface area contributed by atoms with Crippen LogP contribution < -0.4 is 0 Å². The molecule has 0 radical (unpaired) electrons. The highest BCUT2D eigenvalue weighted by atomic mass is 16.6. The van der Waals surface area contributed by atoms with Gasteiger partial charge in [-0.15, -0.1) is 13.2 Å². The standard InChI is InChI=1S/C25H38N2O6/c1-5-7-8-9-16-32-24(31)19-18-11-12-25(33-18)20(19)22(29)27(14-10-15-28)21(25)23(30)26(13-6-2)17(3)4/h5-6,17-21,28H,1-2,7-16H2,3-4H3/t18-,19+,20+,21?,25?/m1/s1. The second kappa shape index (κ2) is 10.8. The molecule has 0 saturated carbocycles. The van der Waals surface area contributed by atoms with Crippen molar-refractivity contribution in [2.75, 3.05) is 26.3 Å². The van der Waals surface area contributed by atoms with E-state index in [2.05, 4.69) is 13.2 Å². The number of nitrogens with zero attached hydrogens (tertiary/aromatic N) is 2. The van der Waals surface area contributed by atoms with Crippen molar-refractivity contribution in [2.45, 2.75) is 76.2 Å². The molecule has 3 aliphatic heterocycles. The minimum atomic E-state index is -1.03. The van der Waals surface area contributed by atoms with Gasteiger partial charge in [-0.2, -0.15) is 0 Å². The first-order chi connectivity index (χ1) is 15.8. The Morgan fingerprint density at radius 1 is 1.30 bits per heavy atom. The smallest absolute Gasteiger partial charge is 0.312 e. The fourth-order valence-electron chi connectivity index (χ4n) is 5.69. The highest BCUT2D eigenvalue weighted by molar-refractivity contribution is 5.98. The molecule has 2 amide bonds. The van der Waals surface area contributed by atoms with Gasteiger partial charge in [-0.05, 0) is 52.4 Å². The van der Waals surface area contributed by atoms with Crippen LogP contribution in [0.1, 0.15) is 52.4 Å². The molecule has 2 unspecified atom stereocenters. The minimum absolute atomic E-state index is 0.0873. The van der Waals surface area contributed by atoms with E-state index in [-0.39, 0.29) is 31.0 Å². The molecular weight excluding hydrogens is 424 g/mol. The number of rotatable bonds is 13. The molecule has 0 aromatic heterocycles. The van der Waals surface area contributed by atoms with Crippen LogP contribution in [-0.2, 0) is 23.9 Å². The third kappa shape index (κ3) is 4.60. The van der Waals surface area contributed by atoms with Crippen LogP contribution in [0.15, 0.2) is 25.3 Å². The molecule has 3 aliphatic rings. The van der Waals surface area contributed by atoms with Crippen LogP contribution in [0.3, 0.4) is 0 Å². The second-order valence-corrected chi connectivity index (χ2v) is 9.49. The van der Waals surface area contributed by atoms with Gasteiger partial charge in [0, 0.05) is 25.7 Å². The number of aliphatic hydroxyl groups excluding tert-OH is 1. The van der Waals surface area contributed by atoms with E-state index in [0.717, 1.165) is 19.3 Å². The summed E-state index contributed by atoms with van der Waals surface area (Å²) in [5, 5.41) is 9.39. The Bertz CT molecular complexity index is 768. The molecule has 3 rings (SSSR count).